The van der Waals surface area contributed by atoms with Crippen LogP contribution in [0.15, 0.2) is 47.1 Å². The second kappa shape index (κ2) is 7.15. The summed E-state index contributed by atoms with van der Waals surface area (Å²) in [6.07, 6.45) is 1.64. The summed E-state index contributed by atoms with van der Waals surface area (Å²) in [7, 11) is 1.73. The third-order valence-corrected chi connectivity index (χ3v) is 4.37. The summed E-state index contributed by atoms with van der Waals surface area (Å²) < 4.78 is 18.4. The highest BCUT2D eigenvalue weighted by molar-refractivity contribution is 5.78. The number of hydrogen-bond donors (Lipinski definition) is 1. The Hall–Kier alpha value is -2.18. The fourth-order valence-electron chi connectivity index (χ4n) is 3.10. The van der Waals surface area contributed by atoms with Crippen molar-refractivity contribution in [3.05, 3.63) is 59.8 Å². The summed E-state index contributed by atoms with van der Waals surface area (Å²) in [6, 6.07) is 9.76. The Morgan fingerprint density at radius 2 is 2.12 bits per heavy atom. The van der Waals surface area contributed by atoms with Crippen LogP contribution in [0.5, 0.6) is 0 Å². The number of nitrogens with zero attached hydrogens (tertiary/aromatic N) is 2. The van der Waals surface area contributed by atoms with Gasteiger partial charge in [0.05, 0.1) is 25.5 Å². The van der Waals surface area contributed by atoms with Crippen LogP contribution < -0.4 is 0 Å². The van der Waals surface area contributed by atoms with E-state index in [2.05, 4.69) is 0 Å². The number of aliphatic hydroxyl groups excluding tert-OH is 1. The van der Waals surface area contributed by atoms with E-state index in [4.69, 9.17) is 4.42 Å². The molecule has 0 aliphatic carbocycles. The van der Waals surface area contributed by atoms with Crippen LogP contribution in [0, 0.1) is 5.82 Å². The molecule has 1 saturated heterocycles. The summed E-state index contributed by atoms with van der Waals surface area (Å²) >= 11 is 0. The monoisotopic (exact) mass is 332 g/mol. The van der Waals surface area contributed by atoms with E-state index in [0.29, 0.717) is 19.5 Å². The molecule has 2 atom stereocenters. The summed E-state index contributed by atoms with van der Waals surface area (Å²) in [4.78, 5) is 16.0. The molecule has 128 valence electrons. The van der Waals surface area contributed by atoms with Crippen molar-refractivity contribution >= 4 is 5.91 Å². The minimum absolute atomic E-state index is 0.0485. The van der Waals surface area contributed by atoms with Crippen LogP contribution in [-0.4, -0.2) is 47.1 Å². The van der Waals surface area contributed by atoms with Gasteiger partial charge in [0, 0.05) is 19.6 Å². The van der Waals surface area contributed by atoms with Gasteiger partial charge in [0.1, 0.15) is 11.6 Å². The maximum absolute atomic E-state index is 13.1. The van der Waals surface area contributed by atoms with Crippen molar-refractivity contribution in [2.75, 3.05) is 20.1 Å². The number of likely N-dealkylation sites (N-methyl/N-ethyl adjacent to an activating group) is 1. The molecule has 0 unspecified atom stereocenters. The van der Waals surface area contributed by atoms with Crippen molar-refractivity contribution in [3.63, 3.8) is 0 Å². The molecule has 6 heteroatoms. The predicted molar refractivity (Wildman–Crippen MR) is 86.5 cm³/mol. The zero-order chi connectivity index (χ0) is 17.1. The van der Waals surface area contributed by atoms with Crippen LogP contribution in [0.4, 0.5) is 4.39 Å². The van der Waals surface area contributed by atoms with E-state index < -0.39 is 6.10 Å². The minimum Gasteiger partial charge on any atom is -0.467 e. The number of amides is 1. The van der Waals surface area contributed by atoms with E-state index in [0.717, 1.165) is 11.3 Å². The molecule has 2 aromatic rings. The second-order valence-electron chi connectivity index (χ2n) is 6.22. The maximum atomic E-state index is 13.1. The van der Waals surface area contributed by atoms with Crippen molar-refractivity contribution in [1.29, 1.82) is 0 Å². The molecule has 1 aromatic carbocycles. The van der Waals surface area contributed by atoms with Gasteiger partial charge in [0.2, 0.25) is 5.91 Å². The molecule has 1 fully saturated rings. The third-order valence-electron chi connectivity index (χ3n) is 4.37. The number of carbonyl (C=O) groups excluding carboxylic acids is 1. The molecule has 1 aliphatic rings. The summed E-state index contributed by atoms with van der Waals surface area (Å²) in [6.45, 7) is 1.04. The molecule has 1 aliphatic heterocycles. The fraction of sp³-hybridized carbons (Fsp3) is 0.389. The van der Waals surface area contributed by atoms with Gasteiger partial charge in [-0.2, -0.15) is 0 Å². The smallest absolute Gasteiger partial charge is 0.236 e. The third kappa shape index (κ3) is 3.83. The average Bonchev–Trinajstić information content (AvgIpc) is 3.18. The summed E-state index contributed by atoms with van der Waals surface area (Å²) in [5.41, 5.74) is 0.912. The molecule has 24 heavy (non-hydrogen) atoms. The number of furan rings is 1. The Morgan fingerprint density at radius 1 is 1.38 bits per heavy atom. The number of halogens is 1. The molecule has 5 nitrogen and oxygen atoms in total. The van der Waals surface area contributed by atoms with Crippen molar-refractivity contribution in [3.8, 4) is 0 Å². The van der Waals surface area contributed by atoms with Gasteiger partial charge in [0.25, 0.3) is 0 Å². The largest absolute Gasteiger partial charge is 0.467 e. The number of carbonyl (C=O) groups is 1. The van der Waals surface area contributed by atoms with Gasteiger partial charge < -0.3 is 14.4 Å². The SMILES string of the molecule is CN(Cc1ccco1)C(=O)CN1C[C@H](O)C[C@@H]1c1ccc(F)cc1. The fourth-order valence-corrected chi connectivity index (χ4v) is 3.10. The summed E-state index contributed by atoms with van der Waals surface area (Å²) in [5, 5.41) is 9.99. The number of rotatable bonds is 5. The Bertz CT molecular complexity index is 672. The highest BCUT2D eigenvalue weighted by Gasteiger charge is 2.33. The van der Waals surface area contributed by atoms with Crippen molar-refractivity contribution in [2.24, 2.45) is 0 Å². The van der Waals surface area contributed by atoms with Gasteiger partial charge in [-0.25, -0.2) is 4.39 Å². The van der Waals surface area contributed by atoms with Gasteiger partial charge in [-0.15, -0.1) is 0 Å². The van der Waals surface area contributed by atoms with Crippen LogP contribution in [0.25, 0.3) is 0 Å². The second-order valence-corrected chi connectivity index (χ2v) is 6.22. The lowest BCUT2D eigenvalue weighted by atomic mass is 10.0. The van der Waals surface area contributed by atoms with Crippen LogP contribution in [0.1, 0.15) is 23.8 Å². The van der Waals surface area contributed by atoms with Gasteiger partial charge >= 0.3 is 0 Å². The quantitative estimate of drug-likeness (QED) is 0.912. The van der Waals surface area contributed by atoms with Gasteiger partial charge in [0.15, 0.2) is 0 Å². The average molecular weight is 332 g/mol. The van der Waals surface area contributed by atoms with Gasteiger partial charge in [-0.3, -0.25) is 9.69 Å². The van der Waals surface area contributed by atoms with Crippen molar-refractivity contribution in [1.82, 2.24) is 9.80 Å². The maximum Gasteiger partial charge on any atom is 0.236 e. The number of hydrogen-bond acceptors (Lipinski definition) is 4. The molecule has 2 heterocycles. The molecule has 3 rings (SSSR count). The Labute approximate surface area is 140 Å². The lowest BCUT2D eigenvalue weighted by molar-refractivity contribution is -0.132. The van der Waals surface area contributed by atoms with E-state index in [1.807, 2.05) is 11.0 Å². The van der Waals surface area contributed by atoms with Crippen molar-refractivity contribution in [2.45, 2.75) is 25.1 Å². The molecular formula is C18H21FN2O3. The first-order valence-electron chi connectivity index (χ1n) is 7.97. The minimum atomic E-state index is -0.483. The normalized spacial score (nSPS) is 21.1. The highest BCUT2D eigenvalue weighted by atomic mass is 19.1. The Balaban J connectivity index is 1.65. The van der Waals surface area contributed by atoms with E-state index in [-0.39, 0.29) is 24.3 Å². The van der Waals surface area contributed by atoms with E-state index in [9.17, 15) is 14.3 Å². The van der Waals surface area contributed by atoms with Crippen LogP contribution in [0.2, 0.25) is 0 Å². The molecule has 0 radical (unpaired) electrons. The van der Waals surface area contributed by atoms with Crippen LogP contribution in [0.3, 0.4) is 0 Å². The Morgan fingerprint density at radius 3 is 2.79 bits per heavy atom. The zero-order valence-corrected chi connectivity index (χ0v) is 13.6. The van der Waals surface area contributed by atoms with E-state index >= 15 is 0 Å². The molecule has 1 N–H and O–H groups in total. The first-order chi connectivity index (χ1) is 11.5. The lowest BCUT2D eigenvalue weighted by Gasteiger charge is -2.26. The zero-order valence-electron chi connectivity index (χ0n) is 13.6. The first-order valence-corrected chi connectivity index (χ1v) is 7.97. The van der Waals surface area contributed by atoms with Gasteiger partial charge in [-0.1, -0.05) is 12.1 Å². The van der Waals surface area contributed by atoms with Crippen LogP contribution >= 0.6 is 0 Å². The molecule has 0 bridgehead atoms. The molecule has 1 aromatic heterocycles. The van der Waals surface area contributed by atoms with Crippen molar-refractivity contribution < 1.29 is 18.7 Å². The highest BCUT2D eigenvalue weighted by Crippen LogP contribution is 2.32. The summed E-state index contributed by atoms with van der Waals surface area (Å²) in [5.74, 6) is 0.383. The van der Waals surface area contributed by atoms with E-state index in [1.54, 1.807) is 36.4 Å². The number of likely N-dealkylation sites (tertiary alicyclic amines) is 1. The van der Waals surface area contributed by atoms with Gasteiger partial charge in [-0.05, 0) is 36.2 Å². The predicted octanol–water partition coefficient (Wildman–Crippen LogP) is 2.19. The topological polar surface area (TPSA) is 56.9 Å². The standard InChI is InChI=1S/C18H21FN2O3/c1-20(11-16-3-2-8-24-16)18(23)12-21-10-15(22)9-17(21)13-4-6-14(19)7-5-13/h2-8,15,17,22H,9-12H2,1H3/t15-,17-/m1/s1. The number of β-amino-alcohol motifs (C(OH)–C–C–N with tert-alkyl or cyclic N) is 1. The lowest BCUT2D eigenvalue weighted by Crippen LogP contribution is -2.38. The molecule has 0 spiro atoms. The molecule has 1 amide bonds. The molecule has 0 saturated carbocycles. The molecular weight excluding hydrogens is 311 g/mol. The van der Waals surface area contributed by atoms with E-state index in [1.165, 1.54) is 12.1 Å². The number of benzene rings is 1. The number of aliphatic hydroxyl groups is 1. The van der Waals surface area contributed by atoms with Crippen LogP contribution in [-0.2, 0) is 11.3 Å². The Kier molecular flexibility index (Phi) is 4.97. The first kappa shape index (κ1) is 16.7.